The first-order valence-corrected chi connectivity index (χ1v) is 7.84. The second-order valence-corrected chi connectivity index (χ2v) is 5.65. The summed E-state index contributed by atoms with van der Waals surface area (Å²) in [6, 6.07) is 12.6. The molecule has 0 saturated carbocycles. The molecule has 0 saturated heterocycles. The van der Waals surface area contributed by atoms with Crippen LogP contribution in [0.5, 0.6) is 5.75 Å². The zero-order chi connectivity index (χ0) is 18.7. The van der Waals surface area contributed by atoms with Gasteiger partial charge in [0.05, 0.1) is 17.7 Å². The largest absolute Gasteiger partial charge is 0.497 e. The summed E-state index contributed by atoms with van der Waals surface area (Å²) in [7, 11) is 1.49. The molecule has 0 atom stereocenters. The van der Waals surface area contributed by atoms with Gasteiger partial charge in [-0.2, -0.15) is 0 Å². The van der Waals surface area contributed by atoms with E-state index in [1.54, 1.807) is 30.3 Å². The number of carbonyl (C=O) groups excluding carboxylic acids is 2. The summed E-state index contributed by atoms with van der Waals surface area (Å²) in [5, 5.41) is 0.770. The van der Waals surface area contributed by atoms with Gasteiger partial charge in [-0.1, -0.05) is 23.7 Å². The molecular weight excluding hydrogens is 360 g/mol. The smallest absolute Gasteiger partial charge is 0.349 e. The van der Waals surface area contributed by atoms with E-state index in [9.17, 15) is 14.4 Å². The van der Waals surface area contributed by atoms with Crippen molar-refractivity contribution in [2.45, 2.75) is 0 Å². The number of fused-ring (bicyclic) bond motifs is 1. The van der Waals surface area contributed by atoms with Gasteiger partial charge in [0.25, 0.3) is 11.8 Å². The minimum atomic E-state index is -0.838. The van der Waals surface area contributed by atoms with E-state index < -0.39 is 17.4 Å². The Morgan fingerprint density at radius 2 is 1.69 bits per heavy atom. The van der Waals surface area contributed by atoms with E-state index in [2.05, 4.69) is 10.9 Å². The summed E-state index contributed by atoms with van der Waals surface area (Å²) in [6.45, 7) is 0. The van der Waals surface area contributed by atoms with Gasteiger partial charge < -0.3 is 9.15 Å². The fourth-order valence-corrected chi connectivity index (χ4v) is 2.49. The topological polar surface area (TPSA) is 97.6 Å². The monoisotopic (exact) mass is 372 g/mol. The van der Waals surface area contributed by atoms with Crippen LogP contribution in [0, 0.1) is 0 Å². The number of amides is 2. The molecule has 8 heteroatoms. The highest BCUT2D eigenvalue weighted by Gasteiger charge is 2.16. The highest BCUT2D eigenvalue weighted by atomic mass is 35.5. The lowest BCUT2D eigenvalue weighted by atomic mass is 10.1. The zero-order valence-corrected chi connectivity index (χ0v) is 14.3. The van der Waals surface area contributed by atoms with E-state index in [1.165, 1.54) is 25.3 Å². The lowest BCUT2D eigenvalue weighted by molar-refractivity contribution is 0.0844. The van der Waals surface area contributed by atoms with Crippen molar-refractivity contribution in [3.8, 4) is 5.75 Å². The maximum Gasteiger partial charge on any atom is 0.349 e. The number of hydrogen-bond donors (Lipinski definition) is 2. The third-order valence-corrected chi connectivity index (χ3v) is 3.93. The van der Waals surface area contributed by atoms with E-state index in [-0.39, 0.29) is 21.7 Å². The molecule has 0 aliphatic rings. The number of benzene rings is 2. The minimum absolute atomic E-state index is 0.187. The van der Waals surface area contributed by atoms with Crippen LogP contribution in [-0.2, 0) is 0 Å². The van der Waals surface area contributed by atoms with Crippen molar-refractivity contribution < 1.29 is 18.7 Å². The Labute approximate surface area is 152 Å². The van der Waals surface area contributed by atoms with Crippen LogP contribution in [0.3, 0.4) is 0 Å². The average Bonchev–Trinajstić information content (AvgIpc) is 2.65. The molecule has 0 aliphatic carbocycles. The highest BCUT2D eigenvalue weighted by Crippen LogP contribution is 2.20. The number of ether oxygens (including phenoxy) is 1. The maximum atomic E-state index is 12.2. The summed E-state index contributed by atoms with van der Waals surface area (Å²) >= 11 is 5.92. The molecule has 3 rings (SSSR count). The van der Waals surface area contributed by atoms with Crippen molar-refractivity contribution in [2.24, 2.45) is 0 Å². The number of hydrazine groups is 1. The van der Waals surface area contributed by atoms with Crippen molar-refractivity contribution in [2.75, 3.05) is 7.11 Å². The summed E-state index contributed by atoms with van der Waals surface area (Å²) in [5.41, 5.74) is 3.76. The first-order valence-electron chi connectivity index (χ1n) is 7.46. The third kappa shape index (κ3) is 3.52. The predicted octanol–water partition coefficient (Wildman–Crippen LogP) is 2.53. The number of halogens is 1. The fraction of sp³-hybridized carbons (Fsp3) is 0.0556. The van der Waals surface area contributed by atoms with Crippen molar-refractivity contribution >= 4 is 34.4 Å². The first-order chi connectivity index (χ1) is 12.5. The standard InChI is InChI=1S/C18H13ClN2O5/c1-25-11-7-6-10-8-13(18(24)26-15(10)9-11)17(23)21-20-16(22)12-4-2-3-5-14(12)19/h2-9H,1H3,(H,20,22)(H,21,23). The number of hydrogen-bond acceptors (Lipinski definition) is 5. The Kier molecular flexibility index (Phi) is 4.90. The highest BCUT2D eigenvalue weighted by molar-refractivity contribution is 6.33. The van der Waals surface area contributed by atoms with Gasteiger partial charge >= 0.3 is 5.63 Å². The Hall–Kier alpha value is -3.32. The Morgan fingerprint density at radius 1 is 1.00 bits per heavy atom. The second kappa shape index (κ2) is 7.28. The number of methoxy groups -OCH3 is 1. The molecule has 0 bridgehead atoms. The maximum absolute atomic E-state index is 12.2. The molecule has 2 amide bonds. The SMILES string of the molecule is COc1ccc2cc(C(=O)NNC(=O)c3ccccc3Cl)c(=O)oc2c1. The Balaban J connectivity index is 1.79. The molecule has 2 N–H and O–H groups in total. The molecule has 7 nitrogen and oxygen atoms in total. The van der Waals surface area contributed by atoms with Crippen molar-refractivity contribution in [1.82, 2.24) is 10.9 Å². The minimum Gasteiger partial charge on any atom is -0.497 e. The normalized spacial score (nSPS) is 10.4. The van der Waals surface area contributed by atoms with Gasteiger partial charge in [0.1, 0.15) is 16.9 Å². The number of nitrogens with one attached hydrogen (secondary N) is 2. The van der Waals surface area contributed by atoms with Gasteiger partial charge in [0, 0.05) is 11.5 Å². The molecule has 0 aliphatic heterocycles. The lowest BCUT2D eigenvalue weighted by Gasteiger charge is -2.08. The predicted molar refractivity (Wildman–Crippen MR) is 95.4 cm³/mol. The van der Waals surface area contributed by atoms with Gasteiger partial charge in [-0.3, -0.25) is 20.4 Å². The summed E-state index contributed by atoms with van der Waals surface area (Å²) in [5.74, 6) is -0.902. The molecule has 1 aromatic heterocycles. The zero-order valence-electron chi connectivity index (χ0n) is 13.5. The molecule has 0 unspecified atom stereocenters. The van der Waals surface area contributed by atoms with E-state index in [0.717, 1.165) is 0 Å². The summed E-state index contributed by atoms with van der Waals surface area (Å²) in [6.07, 6.45) is 0. The molecule has 1 heterocycles. The third-order valence-electron chi connectivity index (χ3n) is 3.60. The van der Waals surface area contributed by atoms with Gasteiger partial charge in [-0.15, -0.1) is 0 Å². The van der Waals surface area contributed by atoms with E-state index in [1.807, 2.05) is 0 Å². The van der Waals surface area contributed by atoms with Crippen LogP contribution in [0.1, 0.15) is 20.7 Å². The molecular formula is C18H13ClN2O5. The van der Waals surface area contributed by atoms with Crippen LogP contribution in [0.4, 0.5) is 0 Å². The van der Waals surface area contributed by atoms with E-state index in [4.69, 9.17) is 20.8 Å². The van der Waals surface area contributed by atoms with Crippen LogP contribution < -0.4 is 21.2 Å². The van der Waals surface area contributed by atoms with Gasteiger partial charge in [-0.25, -0.2) is 4.79 Å². The molecule has 0 fully saturated rings. The Bertz CT molecular complexity index is 1060. The van der Waals surface area contributed by atoms with Crippen LogP contribution in [-0.4, -0.2) is 18.9 Å². The molecule has 0 spiro atoms. The van der Waals surface area contributed by atoms with Crippen LogP contribution in [0.15, 0.2) is 57.7 Å². The quantitative estimate of drug-likeness (QED) is 0.544. The lowest BCUT2D eigenvalue weighted by Crippen LogP contribution is -2.43. The average molecular weight is 373 g/mol. The van der Waals surface area contributed by atoms with Crippen LogP contribution >= 0.6 is 11.6 Å². The Morgan fingerprint density at radius 3 is 2.38 bits per heavy atom. The van der Waals surface area contributed by atoms with E-state index in [0.29, 0.717) is 11.1 Å². The van der Waals surface area contributed by atoms with Gasteiger partial charge in [-0.05, 0) is 30.3 Å². The molecule has 3 aromatic rings. The first kappa shape index (κ1) is 17.5. The summed E-state index contributed by atoms with van der Waals surface area (Å²) in [4.78, 5) is 36.3. The second-order valence-electron chi connectivity index (χ2n) is 5.24. The van der Waals surface area contributed by atoms with Crippen LogP contribution in [0.2, 0.25) is 5.02 Å². The van der Waals surface area contributed by atoms with Crippen molar-refractivity contribution in [3.05, 3.63) is 75.1 Å². The van der Waals surface area contributed by atoms with E-state index >= 15 is 0 Å². The van der Waals surface area contributed by atoms with Crippen molar-refractivity contribution in [1.29, 1.82) is 0 Å². The number of carbonyl (C=O) groups is 2. The molecule has 0 radical (unpaired) electrons. The molecule has 132 valence electrons. The number of rotatable bonds is 3. The van der Waals surface area contributed by atoms with Crippen LogP contribution in [0.25, 0.3) is 11.0 Å². The molecule has 2 aromatic carbocycles. The summed E-state index contributed by atoms with van der Waals surface area (Å²) < 4.78 is 10.2. The van der Waals surface area contributed by atoms with Gasteiger partial charge in [0.2, 0.25) is 0 Å². The fourth-order valence-electron chi connectivity index (χ4n) is 2.27. The van der Waals surface area contributed by atoms with Gasteiger partial charge in [0.15, 0.2) is 0 Å². The molecule has 26 heavy (non-hydrogen) atoms. The van der Waals surface area contributed by atoms with Crippen molar-refractivity contribution in [3.63, 3.8) is 0 Å².